The van der Waals surface area contributed by atoms with Crippen LogP contribution in [0.4, 0.5) is 15.8 Å². The molecule has 2 aromatic heterocycles. The zero-order chi connectivity index (χ0) is 22.1. The highest BCUT2D eigenvalue weighted by Crippen LogP contribution is 2.46. The fourth-order valence-corrected chi connectivity index (χ4v) is 4.56. The van der Waals surface area contributed by atoms with Gasteiger partial charge in [-0.1, -0.05) is 23.9 Å². The fraction of sp³-hybridized carbons (Fsp3) is 0.0870. The number of halogens is 1. The number of rotatable bonds is 5. The van der Waals surface area contributed by atoms with Crippen molar-refractivity contribution in [3.05, 3.63) is 79.0 Å². The van der Waals surface area contributed by atoms with Crippen LogP contribution in [0.25, 0.3) is 11.3 Å². The molecule has 1 unspecified atom stereocenters. The second-order valence-electron chi connectivity index (χ2n) is 6.83. The molecule has 1 aliphatic rings. The predicted octanol–water partition coefficient (Wildman–Crippen LogP) is 4.96. The zero-order valence-corrected chi connectivity index (χ0v) is 17.8. The van der Waals surface area contributed by atoms with Gasteiger partial charge in [0.15, 0.2) is 5.82 Å². The molecule has 1 atom stereocenters. The maximum absolute atomic E-state index is 15.2. The van der Waals surface area contributed by atoms with Gasteiger partial charge in [-0.05, 0) is 36.4 Å². The summed E-state index contributed by atoms with van der Waals surface area (Å²) in [5.74, 6) is 0.424. The van der Waals surface area contributed by atoms with Gasteiger partial charge in [0.05, 0.1) is 24.0 Å². The van der Waals surface area contributed by atoms with Crippen LogP contribution in [0.2, 0.25) is 0 Å². The first kappa shape index (κ1) is 20.2. The SMILES string of the molecule is COc1ncccc1-c1nccnc1Oc1ccc(N2c3ccccc3SC2N)c(F)c1. The van der Waals surface area contributed by atoms with E-state index in [1.54, 1.807) is 41.6 Å². The van der Waals surface area contributed by atoms with Crippen LogP contribution in [0, 0.1) is 5.82 Å². The number of thioether (sulfide) groups is 1. The van der Waals surface area contributed by atoms with E-state index in [1.165, 1.54) is 31.1 Å². The van der Waals surface area contributed by atoms with E-state index in [4.69, 9.17) is 15.2 Å². The van der Waals surface area contributed by atoms with Gasteiger partial charge in [0.2, 0.25) is 11.8 Å². The number of para-hydroxylation sites is 1. The maximum atomic E-state index is 15.2. The van der Waals surface area contributed by atoms with Gasteiger partial charge in [0.1, 0.15) is 16.9 Å². The van der Waals surface area contributed by atoms with Gasteiger partial charge in [-0.25, -0.2) is 19.3 Å². The smallest absolute Gasteiger partial charge is 0.246 e. The van der Waals surface area contributed by atoms with E-state index in [9.17, 15) is 0 Å². The number of fused-ring (bicyclic) bond motifs is 1. The van der Waals surface area contributed by atoms with E-state index in [0.717, 1.165) is 10.6 Å². The largest absolute Gasteiger partial charge is 0.481 e. The predicted molar refractivity (Wildman–Crippen MR) is 121 cm³/mol. The topological polar surface area (TPSA) is 86.4 Å². The van der Waals surface area contributed by atoms with E-state index in [-0.39, 0.29) is 11.6 Å². The number of anilines is 2. The Morgan fingerprint density at radius 3 is 2.59 bits per heavy atom. The van der Waals surface area contributed by atoms with Crippen molar-refractivity contribution in [2.45, 2.75) is 10.4 Å². The number of nitrogens with zero attached hydrogens (tertiary/aromatic N) is 4. The minimum absolute atomic E-state index is 0.213. The van der Waals surface area contributed by atoms with Crippen molar-refractivity contribution >= 4 is 23.1 Å². The molecule has 2 aromatic carbocycles. The van der Waals surface area contributed by atoms with Gasteiger partial charge in [0.25, 0.3) is 0 Å². The van der Waals surface area contributed by atoms with E-state index in [0.29, 0.717) is 22.8 Å². The van der Waals surface area contributed by atoms with Crippen molar-refractivity contribution in [3.63, 3.8) is 0 Å². The fourth-order valence-electron chi connectivity index (χ4n) is 3.52. The van der Waals surface area contributed by atoms with Crippen LogP contribution in [0.3, 0.4) is 0 Å². The van der Waals surface area contributed by atoms with E-state index in [1.807, 2.05) is 24.3 Å². The quantitative estimate of drug-likeness (QED) is 0.459. The van der Waals surface area contributed by atoms with E-state index < -0.39 is 11.3 Å². The number of hydrogen-bond acceptors (Lipinski definition) is 8. The van der Waals surface area contributed by atoms with Crippen LogP contribution >= 0.6 is 11.8 Å². The molecule has 7 nitrogen and oxygen atoms in total. The molecule has 9 heteroatoms. The highest BCUT2D eigenvalue weighted by molar-refractivity contribution is 8.00. The van der Waals surface area contributed by atoms with Crippen LogP contribution in [0.5, 0.6) is 17.5 Å². The summed E-state index contributed by atoms with van der Waals surface area (Å²) in [7, 11) is 1.52. The molecule has 3 heterocycles. The third-order valence-corrected chi connectivity index (χ3v) is 5.96. The molecule has 1 aliphatic heterocycles. The van der Waals surface area contributed by atoms with Gasteiger partial charge in [-0.15, -0.1) is 0 Å². The Labute approximate surface area is 188 Å². The van der Waals surface area contributed by atoms with E-state index >= 15 is 4.39 Å². The van der Waals surface area contributed by atoms with Crippen LogP contribution in [-0.4, -0.2) is 27.6 Å². The second-order valence-corrected chi connectivity index (χ2v) is 7.99. The first-order chi connectivity index (χ1) is 15.7. The molecule has 0 bridgehead atoms. The Morgan fingerprint density at radius 2 is 1.75 bits per heavy atom. The van der Waals surface area contributed by atoms with Gasteiger partial charge >= 0.3 is 0 Å². The molecule has 0 amide bonds. The Kier molecular flexibility index (Phi) is 5.34. The van der Waals surface area contributed by atoms with Crippen molar-refractivity contribution in [1.82, 2.24) is 15.0 Å². The lowest BCUT2D eigenvalue weighted by atomic mass is 10.2. The first-order valence-corrected chi connectivity index (χ1v) is 10.6. The van der Waals surface area contributed by atoms with Crippen molar-refractivity contribution in [2.24, 2.45) is 5.73 Å². The number of ether oxygens (including phenoxy) is 2. The van der Waals surface area contributed by atoms with Crippen LogP contribution in [0.15, 0.2) is 78.1 Å². The summed E-state index contributed by atoms with van der Waals surface area (Å²) in [5.41, 5.74) is 8.14. The molecule has 160 valence electrons. The lowest BCUT2D eigenvalue weighted by Crippen LogP contribution is -2.32. The van der Waals surface area contributed by atoms with Crippen molar-refractivity contribution in [2.75, 3.05) is 12.0 Å². The molecule has 32 heavy (non-hydrogen) atoms. The number of benzene rings is 2. The summed E-state index contributed by atoms with van der Waals surface area (Å²) in [4.78, 5) is 15.6. The first-order valence-electron chi connectivity index (χ1n) is 9.74. The summed E-state index contributed by atoms with van der Waals surface area (Å²) < 4.78 is 26.4. The molecule has 4 aromatic rings. The van der Waals surface area contributed by atoms with Gasteiger partial charge in [-0.2, -0.15) is 0 Å². The molecule has 0 aliphatic carbocycles. The monoisotopic (exact) mass is 447 g/mol. The Balaban J connectivity index is 1.47. The van der Waals surface area contributed by atoms with Crippen LogP contribution in [0.1, 0.15) is 0 Å². The molecule has 0 saturated heterocycles. The number of pyridine rings is 1. The maximum Gasteiger partial charge on any atom is 0.246 e. The van der Waals surface area contributed by atoms with Gasteiger partial charge < -0.3 is 20.1 Å². The molecule has 0 radical (unpaired) electrons. The lowest BCUT2D eigenvalue weighted by molar-refractivity contribution is 0.398. The number of aromatic nitrogens is 3. The van der Waals surface area contributed by atoms with E-state index in [2.05, 4.69) is 15.0 Å². The molecule has 0 saturated carbocycles. The minimum atomic E-state index is -0.459. The second kappa shape index (κ2) is 8.45. The number of nitrogens with two attached hydrogens (primary N) is 1. The summed E-state index contributed by atoms with van der Waals surface area (Å²) in [6, 6.07) is 15.9. The number of methoxy groups -OCH3 is 1. The molecular weight excluding hydrogens is 429 g/mol. The summed E-state index contributed by atoms with van der Waals surface area (Å²) in [5, 5.41) is 0. The van der Waals surface area contributed by atoms with Gasteiger partial charge in [0, 0.05) is 29.6 Å². The third kappa shape index (κ3) is 3.61. The molecule has 2 N–H and O–H groups in total. The highest BCUT2D eigenvalue weighted by Gasteiger charge is 2.30. The molecule has 0 fully saturated rings. The normalized spacial score (nSPS) is 14.8. The zero-order valence-electron chi connectivity index (χ0n) is 17.0. The Bertz CT molecular complexity index is 1290. The van der Waals surface area contributed by atoms with Gasteiger partial charge in [-0.3, -0.25) is 0 Å². The van der Waals surface area contributed by atoms with Crippen LogP contribution < -0.4 is 20.1 Å². The van der Waals surface area contributed by atoms with Crippen molar-refractivity contribution in [1.29, 1.82) is 0 Å². The summed E-state index contributed by atoms with van der Waals surface area (Å²) >= 11 is 1.48. The third-order valence-electron chi connectivity index (χ3n) is 4.90. The molecule has 0 spiro atoms. The average molecular weight is 447 g/mol. The standard InChI is InChI=1S/C23H18FN5O2S/c1-30-21-15(5-4-10-27-21)20-22(28-12-11-26-20)31-14-8-9-17(16(24)13-14)29-18-6-2-3-7-19(18)32-23(29)25/h2-13,23H,25H2,1H3. The lowest BCUT2D eigenvalue weighted by Gasteiger charge is -2.24. The summed E-state index contributed by atoms with van der Waals surface area (Å²) in [6.45, 7) is 0. The minimum Gasteiger partial charge on any atom is -0.481 e. The number of hydrogen-bond donors (Lipinski definition) is 1. The molecular formula is C23H18FN5O2S. The molecule has 5 rings (SSSR count). The Morgan fingerprint density at radius 1 is 0.938 bits per heavy atom. The summed E-state index contributed by atoms with van der Waals surface area (Å²) in [6.07, 6.45) is 4.67. The van der Waals surface area contributed by atoms with Crippen molar-refractivity contribution in [3.8, 4) is 28.8 Å². The van der Waals surface area contributed by atoms with Crippen LogP contribution in [-0.2, 0) is 0 Å². The van der Waals surface area contributed by atoms with Crippen molar-refractivity contribution < 1.29 is 13.9 Å². The highest BCUT2D eigenvalue weighted by atomic mass is 32.2. The average Bonchev–Trinajstić information content (AvgIpc) is 3.15. The Hall–Kier alpha value is -3.69.